The Labute approximate surface area is 757 Å². The number of unbranched alkanes of at least 4 members (excludes halogenated alkanes) is 12. The van der Waals surface area contributed by atoms with Gasteiger partial charge in [-0.1, -0.05) is 89.4 Å². The Morgan fingerprint density at radius 1 is 0.372 bits per heavy atom. The Morgan fingerprint density at radius 2 is 0.682 bits per heavy atom. The van der Waals surface area contributed by atoms with E-state index in [1.54, 1.807) is 0 Å². The van der Waals surface area contributed by atoms with Gasteiger partial charge in [-0.2, -0.15) is 0 Å². The van der Waals surface area contributed by atoms with Crippen molar-refractivity contribution in [1.82, 2.24) is 42.5 Å². The predicted molar refractivity (Wildman–Crippen MR) is 461 cm³/mol. The van der Waals surface area contributed by atoms with E-state index >= 15 is 0 Å². The van der Waals surface area contributed by atoms with E-state index in [9.17, 15) is 93.8 Å². The van der Waals surface area contributed by atoms with Gasteiger partial charge in [0, 0.05) is 79.1 Å². The number of rotatable bonds is 80. The van der Waals surface area contributed by atoms with Crippen molar-refractivity contribution in [2.24, 2.45) is 5.92 Å². The number of nitrogens with one attached hydrogen (secondary N) is 8. The Balaban J connectivity index is 1.54. The van der Waals surface area contributed by atoms with Crippen LogP contribution in [0.1, 0.15) is 163 Å². The molecule has 129 heavy (non-hydrogen) atoms. The largest absolute Gasteiger partial charge is 0.472 e. The molecule has 0 saturated carbocycles. The minimum absolute atomic E-state index is 0.0417. The molecular formula is C84H153N8O36P. The third-order valence-electron chi connectivity index (χ3n) is 20.4. The highest BCUT2D eigenvalue weighted by atomic mass is 31.2. The van der Waals surface area contributed by atoms with Crippen LogP contribution in [0.15, 0.2) is 24.8 Å². The first-order valence-corrected chi connectivity index (χ1v) is 46.6. The zero-order valence-electron chi connectivity index (χ0n) is 75.8. The number of allylic oxidation sites excluding steroid dienone is 2. The zero-order chi connectivity index (χ0) is 94.7. The first kappa shape index (κ1) is 118. The SMILES string of the molecule is C=C[C@@H](C)C/C=C/CCOP(=O)(O)OCCCCCCCCCCCCNC(=O)CCCCCCC(=O)NC(COCCC(=O)NCCOCCOCCOC1OC(CO)C(O)C(O)C1NC(C)=O)(COCCC(=O)NCCOCCOCCOC1OC(CO)C(O)C(O)C1NC(C)=O)COCCC(=O)NCCOCCOCCOC1OC(CO)C(O)C(O)C1NC(C)=O. The number of carbonyl (C=O) groups excluding carboxylic acids is 8. The van der Waals surface area contributed by atoms with Crippen LogP contribution < -0.4 is 42.5 Å². The summed E-state index contributed by atoms with van der Waals surface area (Å²) in [4.78, 5) is 111. The molecule has 0 aromatic carbocycles. The Bertz CT molecular complexity index is 2880. The number of hydrogen-bond donors (Lipinski definition) is 18. The van der Waals surface area contributed by atoms with Gasteiger partial charge in [0.05, 0.1) is 172 Å². The van der Waals surface area contributed by atoms with Crippen molar-refractivity contribution in [3.05, 3.63) is 24.8 Å². The maximum Gasteiger partial charge on any atom is 0.472 e. The summed E-state index contributed by atoms with van der Waals surface area (Å²) < 4.78 is 108. The summed E-state index contributed by atoms with van der Waals surface area (Å²) in [5, 5.41) is 113. The number of ether oxygens (including phenoxy) is 15. The molecule has 8 amide bonds. The molecule has 3 saturated heterocycles. The molecule has 0 spiro atoms. The molecule has 0 aromatic heterocycles. The van der Waals surface area contributed by atoms with Crippen LogP contribution in [0.5, 0.6) is 0 Å². The van der Waals surface area contributed by atoms with E-state index < -0.39 is 166 Å². The molecule has 16 unspecified atom stereocenters. The Morgan fingerprint density at radius 3 is 1.04 bits per heavy atom. The van der Waals surface area contributed by atoms with Crippen LogP contribution in [0.2, 0.25) is 0 Å². The summed E-state index contributed by atoms with van der Waals surface area (Å²) in [6.07, 6.45) is 3.51. The molecule has 18 N–H and O–H groups in total. The summed E-state index contributed by atoms with van der Waals surface area (Å²) in [6, 6.07) is -3.33. The molecule has 44 nitrogen and oxygen atoms in total. The van der Waals surface area contributed by atoms with Gasteiger partial charge in [0.1, 0.15) is 78.6 Å². The lowest BCUT2D eigenvalue weighted by molar-refractivity contribution is -0.272. The highest BCUT2D eigenvalue weighted by Gasteiger charge is 2.48. The van der Waals surface area contributed by atoms with Crippen molar-refractivity contribution in [1.29, 1.82) is 0 Å². The molecule has 17 atom stereocenters. The van der Waals surface area contributed by atoms with Crippen LogP contribution in [-0.2, 0) is 123 Å². The van der Waals surface area contributed by atoms with E-state index in [2.05, 4.69) is 56.0 Å². The van der Waals surface area contributed by atoms with Crippen molar-refractivity contribution in [3.63, 3.8) is 0 Å². The second kappa shape index (κ2) is 72.8. The minimum atomic E-state index is -4.07. The topological polar surface area (TPSA) is 609 Å². The Kier molecular flexibility index (Phi) is 66.3. The molecule has 3 aliphatic heterocycles. The summed E-state index contributed by atoms with van der Waals surface area (Å²) >= 11 is 0. The Hall–Kier alpha value is -5.61. The number of phosphoric acid groups is 1. The van der Waals surface area contributed by atoms with Crippen LogP contribution in [0.3, 0.4) is 0 Å². The van der Waals surface area contributed by atoms with E-state index in [1.807, 2.05) is 18.2 Å². The highest BCUT2D eigenvalue weighted by Crippen LogP contribution is 2.43. The number of aliphatic hydroxyl groups is 9. The summed E-state index contributed by atoms with van der Waals surface area (Å²) in [6.45, 7) is 8.85. The summed E-state index contributed by atoms with van der Waals surface area (Å²) in [5.41, 5.74) is -1.45. The normalized spacial score (nSPS) is 23.5. The monoisotopic (exact) mass is 1880 g/mol. The van der Waals surface area contributed by atoms with E-state index in [4.69, 9.17) is 80.1 Å². The van der Waals surface area contributed by atoms with Gasteiger partial charge in [-0.25, -0.2) is 4.57 Å². The second-order valence-electron chi connectivity index (χ2n) is 31.5. The number of carbonyl (C=O) groups is 8. The van der Waals surface area contributed by atoms with Gasteiger partial charge in [0.25, 0.3) is 0 Å². The van der Waals surface area contributed by atoms with E-state index in [0.29, 0.717) is 57.4 Å². The number of phosphoric ester groups is 1. The van der Waals surface area contributed by atoms with Crippen molar-refractivity contribution < 1.29 is 174 Å². The molecule has 45 heteroatoms. The maximum absolute atomic E-state index is 14.1. The second-order valence-corrected chi connectivity index (χ2v) is 33.0. The molecule has 3 fully saturated rings. The van der Waals surface area contributed by atoms with Crippen molar-refractivity contribution >= 4 is 55.1 Å². The molecule has 0 bridgehead atoms. The van der Waals surface area contributed by atoms with Gasteiger partial charge >= 0.3 is 7.82 Å². The molecule has 3 rings (SSSR count). The zero-order valence-corrected chi connectivity index (χ0v) is 76.7. The first-order valence-electron chi connectivity index (χ1n) is 45.1. The number of aliphatic hydroxyl groups excluding tert-OH is 9. The quantitative estimate of drug-likeness (QED) is 0.0179. The van der Waals surface area contributed by atoms with Crippen LogP contribution in [-0.4, -0.2) is 394 Å². The smallest absolute Gasteiger partial charge is 0.394 e. The fourth-order valence-corrected chi connectivity index (χ4v) is 14.0. The van der Waals surface area contributed by atoms with Gasteiger partial charge in [-0.3, -0.25) is 47.4 Å². The number of hydrogen-bond acceptors (Lipinski definition) is 35. The predicted octanol–water partition coefficient (Wildman–Crippen LogP) is -1.96. The fourth-order valence-electron chi connectivity index (χ4n) is 13.3. The molecule has 3 aliphatic rings. The van der Waals surface area contributed by atoms with Crippen molar-refractivity contribution in [2.45, 2.75) is 260 Å². The average molecular weight is 1880 g/mol. The van der Waals surface area contributed by atoms with Gasteiger partial charge < -0.3 is 164 Å². The van der Waals surface area contributed by atoms with E-state index in [-0.39, 0.29) is 203 Å². The summed E-state index contributed by atoms with van der Waals surface area (Å²) in [7, 11) is -4.07. The van der Waals surface area contributed by atoms with Gasteiger partial charge in [-0.05, 0) is 44.4 Å². The summed E-state index contributed by atoms with van der Waals surface area (Å²) in [5.74, 6) is -2.77. The van der Waals surface area contributed by atoms with Crippen molar-refractivity contribution in [2.75, 3.05) is 198 Å². The van der Waals surface area contributed by atoms with Crippen LogP contribution in [0.4, 0.5) is 0 Å². The highest BCUT2D eigenvalue weighted by molar-refractivity contribution is 7.47. The fraction of sp³-hybridized carbons (Fsp3) is 0.857. The molecule has 750 valence electrons. The minimum Gasteiger partial charge on any atom is -0.394 e. The number of amides is 8. The van der Waals surface area contributed by atoms with Crippen molar-refractivity contribution in [3.8, 4) is 0 Å². The average Bonchev–Trinajstić information content (AvgIpc) is 0.817. The van der Waals surface area contributed by atoms with Gasteiger partial charge in [-0.15, -0.1) is 6.58 Å². The van der Waals surface area contributed by atoms with E-state index in [0.717, 1.165) is 64.2 Å². The van der Waals surface area contributed by atoms with Crippen LogP contribution >= 0.6 is 7.82 Å². The molecular weight excluding hydrogens is 1730 g/mol. The van der Waals surface area contributed by atoms with Crippen LogP contribution in [0, 0.1) is 5.92 Å². The molecule has 0 aliphatic carbocycles. The third kappa shape index (κ3) is 55.1. The standard InChI is InChI=1S/C84H153N8O36P/c1-6-60(2)24-18-17-23-35-125-129(110,111)124-34-22-16-12-10-8-7-9-11-15-21-30-85-67(99)25-19-13-14-20-26-71(103)92-84(57-118-36-27-68(100)86-31-39-112-42-45-115-48-51-121-81-72(89-61(3)96)78(107)75(104)64(54-93)126-81,58-119-37-28-69(101)87-32-40-113-43-46-116-49-52-122-82-73(90-62(4)97)79(108)76(105)65(55-94)127-82)59-120-38-29-70(102)88-33-41-114-44-47-117-50-53-123-83-74(91-63(5)98)80(109)77(106)66(56-95)128-83/h6,17-18,60,64-66,72-83,93-95,104-109H,1,7-16,19-59H2,2-5H3,(H,85,99)(H,86,100)(H,87,101)(H,88,102)(H,89,96)(H,90,97)(H,91,98)(H,92,103)(H,110,111)/b18-17+/t60-,64?,65?,66?,72?,73?,74?,75?,76?,77?,78?,79?,80?,81?,82?,83?,84?/m1/s1. The van der Waals surface area contributed by atoms with Crippen LogP contribution in [0.25, 0.3) is 0 Å². The van der Waals surface area contributed by atoms with Gasteiger partial charge in [0.15, 0.2) is 18.9 Å². The van der Waals surface area contributed by atoms with E-state index in [1.165, 1.54) is 20.8 Å². The maximum atomic E-state index is 14.1. The third-order valence-corrected chi connectivity index (χ3v) is 21.4. The lowest BCUT2D eigenvalue weighted by atomic mass is 9.97. The first-order chi connectivity index (χ1) is 62.1. The molecule has 0 radical (unpaired) electrons. The molecule has 3 heterocycles. The molecule has 0 aromatic rings. The van der Waals surface area contributed by atoms with Gasteiger partial charge in [0.2, 0.25) is 47.3 Å². The lowest BCUT2D eigenvalue weighted by Gasteiger charge is -2.42. The lowest BCUT2D eigenvalue weighted by Crippen LogP contribution is -2.64.